The van der Waals surface area contributed by atoms with Crippen LogP contribution >= 0.6 is 15.9 Å². The second-order valence-electron chi connectivity index (χ2n) is 5.51. The quantitative estimate of drug-likeness (QED) is 0.790. The summed E-state index contributed by atoms with van der Waals surface area (Å²) in [6, 6.07) is 15.2. The molecule has 0 atom stereocenters. The Hall–Kier alpha value is -1.32. The lowest BCUT2D eigenvalue weighted by atomic mass is 10.1. The van der Waals surface area contributed by atoms with Crippen LogP contribution in [0.15, 0.2) is 46.9 Å². The van der Waals surface area contributed by atoms with E-state index < -0.39 is 0 Å². The van der Waals surface area contributed by atoms with Gasteiger partial charge in [0.25, 0.3) is 0 Å². The van der Waals surface area contributed by atoms with Crippen LogP contribution in [0.5, 0.6) is 11.5 Å². The lowest BCUT2D eigenvalue weighted by molar-refractivity contribution is 0.472. The topological polar surface area (TPSA) is 21.3 Å². The summed E-state index contributed by atoms with van der Waals surface area (Å²) in [4.78, 5) is 0. The van der Waals surface area contributed by atoms with Gasteiger partial charge in [-0.2, -0.15) is 0 Å². The zero-order valence-corrected chi connectivity index (χ0v) is 13.8. The molecule has 21 heavy (non-hydrogen) atoms. The van der Waals surface area contributed by atoms with Crippen LogP contribution in [0.2, 0.25) is 0 Å². The molecule has 2 aromatic rings. The van der Waals surface area contributed by atoms with Crippen LogP contribution in [0.3, 0.4) is 0 Å². The van der Waals surface area contributed by atoms with Crippen molar-refractivity contribution in [3.8, 4) is 11.5 Å². The van der Waals surface area contributed by atoms with Crippen LogP contribution in [0.4, 0.5) is 0 Å². The molecular weight excluding hydrogens is 326 g/mol. The van der Waals surface area contributed by atoms with Gasteiger partial charge in [-0.1, -0.05) is 35.0 Å². The summed E-state index contributed by atoms with van der Waals surface area (Å²) in [7, 11) is 0. The van der Waals surface area contributed by atoms with E-state index in [1.165, 1.54) is 24.0 Å². The van der Waals surface area contributed by atoms with Gasteiger partial charge in [0.05, 0.1) is 0 Å². The second kappa shape index (κ2) is 6.63. The Balaban J connectivity index is 1.79. The molecule has 0 aromatic heterocycles. The van der Waals surface area contributed by atoms with Crippen molar-refractivity contribution in [3.05, 3.63) is 58.1 Å². The van der Waals surface area contributed by atoms with E-state index in [2.05, 4.69) is 52.4 Å². The molecule has 0 spiro atoms. The minimum atomic E-state index is 0.695. The van der Waals surface area contributed by atoms with Crippen LogP contribution < -0.4 is 10.1 Å². The van der Waals surface area contributed by atoms with Crippen LogP contribution in [0, 0.1) is 0 Å². The van der Waals surface area contributed by atoms with Crippen molar-refractivity contribution in [2.45, 2.75) is 38.8 Å². The molecule has 3 rings (SSSR count). The molecule has 1 aliphatic carbocycles. The molecule has 0 aliphatic heterocycles. The Morgan fingerprint density at radius 3 is 2.81 bits per heavy atom. The van der Waals surface area contributed by atoms with Gasteiger partial charge in [0.1, 0.15) is 11.5 Å². The van der Waals surface area contributed by atoms with E-state index in [0.717, 1.165) is 28.9 Å². The van der Waals surface area contributed by atoms with Crippen molar-refractivity contribution in [2.24, 2.45) is 0 Å². The summed E-state index contributed by atoms with van der Waals surface area (Å²) in [5.74, 6) is 1.84. The fraction of sp³-hybridized carbons (Fsp3) is 0.333. The standard InChI is InChI=1S/C18H20BrNO/c1-2-13-4-3-5-17(10-13)21-18-9-6-15(19)11-14(18)12-20-16-7-8-16/h3-6,9-11,16,20H,2,7-8,12H2,1H3. The molecule has 0 saturated heterocycles. The zero-order chi connectivity index (χ0) is 14.7. The molecule has 0 radical (unpaired) electrons. The number of ether oxygens (including phenoxy) is 1. The van der Waals surface area contributed by atoms with Crippen molar-refractivity contribution in [3.63, 3.8) is 0 Å². The van der Waals surface area contributed by atoms with Gasteiger partial charge in [-0.15, -0.1) is 0 Å². The van der Waals surface area contributed by atoms with Crippen LogP contribution in [-0.2, 0) is 13.0 Å². The van der Waals surface area contributed by atoms with E-state index >= 15 is 0 Å². The minimum Gasteiger partial charge on any atom is -0.457 e. The molecule has 0 heterocycles. The molecule has 1 N–H and O–H groups in total. The van der Waals surface area contributed by atoms with E-state index in [0.29, 0.717) is 6.04 Å². The average molecular weight is 346 g/mol. The summed E-state index contributed by atoms with van der Waals surface area (Å²) in [6.45, 7) is 3.01. The summed E-state index contributed by atoms with van der Waals surface area (Å²) in [5, 5.41) is 3.55. The number of nitrogens with one attached hydrogen (secondary N) is 1. The highest BCUT2D eigenvalue weighted by Crippen LogP contribution is 2.29. The predicted molar refractivity (Wildman–Crippen MR) is 89.9 cm³/mol. The lowest BCUT2D eigenvalue weighted by Crippen LogP contribution is -2.15. The third kappa shape index (κ3) is 4.08. The minimum absolute atomic E-state index is 0.695. The molecule has 1 aliphatic rings. The van der Waals surface area contributed by atoms with E-state index in [-0.39, 0.29) is 0 Å². The van der Waals surface area contributed by atoms with Crippen molar-refractivity contribution >= 4 is 15.9 Å². The van der Waals surface area contributed by atoms with Gasteiger partial charge < -0.3 is 10.1 Å². The van der Waals surface area contributed by atoms with Gasteiger partial charge in [-0.25, -0.2) is 0 Å². The second-order valence-corrected chi connectivity index (χ2v) is 6.43. The Labute approximate surface area is 134 Å². The fourth-order valence-corrected chi connectivity index (χ4v) is 2.69. The maximum absolute atomic E-state index is 6.10. The molecule has 0 amide bonds. The Morgan fingerprint density at radius 1 is 1.19 bits per heavy atom. The Morgan fingerprint density at radius 2 is 2.05 bits per heavy atom. The first kappa shape index (κ1) is 14.6. The van der Waals surface area contributed by atoms with E-state index in [4.69, 9.17) is 4.74 Å². The summed E-state index contributed by atoms with van der Waals surface area (Å²) < 4.78 is 7.19. The Kier molecular flexibility index (Phi) is 4.61. The van der Waals surface area contributed by atoms with Crippen LogP contribution in [0.25, 0.3) is 0 Å². The van der Waals surface area contributed by atoms with Crippen molar-refractivity contribution in [1.82, 2.24) is 5.32 Å². The molecule has 1 saturated carbocycles. The van der Waals surface area contributed by atoms with Crippen molar-refractivity contribution < 1.29 is 4.74 Å². The maximum atomic E-state index is 6.10. The molecule has 2 aromatic carbocycles. The Bertz CT molecular complexity index is 622. The van der Waals surface area contributed by atoms with Crippen LogP contribution in [-0.4, -0.2) is 6.04 Å². The molecule has 110 valence electrons. The predicted octanol–water partition coefficient (Wildman–Crippen LogP) is 5.06. The van der Waals surface area contributed by atoms with E-state index in [1.54, 1.807) is 0 Å². The number of halogens is 1. The largest absolute Gasteiger partial charge is 0.457 e. The molecule has 0 bridgehead atoms. The maximum Gasteiger partial charge on any atom is 0.131 e. The number of hydrogen-bond acceptors (Lipinski definition) is 2. The highest BCUT2D eigenvalue weighted by atomic mass is 79.9. The first-order valence-corrected chi connectivity index (χ1v) is 8.32. The van der Waals surface area contributed by atoms with Crippen molar-refractivity contribution in [2.75, 3.05) is 0 Å². The summed E-state index contributed by atoms with van der Waals surface area (Å²) in [5.41, 5.74) is 2.49. The monoisotopic (exact) mass is 345 g/mol. The summed E-state index contributed by atoms with van der Waals surface area (Å²) >= 11 is 3.54. The third-order valence-corrected chi connectivity index (χ3v) is 4.21. The summed E-state index contributed by atoms with van der Waals surface area (Å²) in [6.07, 6.45) is 3.61. The highest BCUT2D eigenvalue weighted by Gasteiger charge is 2.20. The third-order valence-electron chi connectivity index (χ3n) is 3.72. The van der Waals surface area contributed by atoms with Gasteiger partial charge in [0.15, 0.2) is 0 Å². The number of aryl methyl sites for hydroxylation is 1. The SMILES string of the molecule is CCc1cccc(Oc2ccc(Br)cc2CNC2CC2)c1. The van der Waals surface area contributed by atoms with Gasteiger partial charge in [0, 0.05) is 22.6 Å². The number of rotatable bonds is 6. The average Bonchev–Trinajstić information content (AvgIpc) is 3.32. The van der Waals surface area contributed by atoms with E-state index in [9.17, 15) is 0 Å². The number of benzene rings is 2. The normalized spacial score (nSPS) is 14.2. The van der Waals surface area contributed by atoms with Gasteiger partial charge in [-0.3, -0.25) is 0 Å². The zero-order valence-electron chi connectivity index (χ0n) is 12.2. The van der Waals surface area contributed by atoms with Crippen molar-refractivity contribution in [1.29, 1.82) is 0 Å². The van der Waals surface area contributed by atoms with Gasteiger partial charge >= 0.3 is 0 Å². The lowest BCUT2D eigenvalue weighted by Gasteiger charge is -2.13. The first-order chi connectivity index (χ1) is 10.2. The molecule has 1 fully saturated rings. The molecule has 2 nitrogen and oxygen atoms in total. The molecule has 0 unspecified atom stereocenters. The highest BCUT2D eigenvalue weighted by molar-refractivity contribution is 9.10. The fourth-order valence-electron chi connectivity index (χ4n) is 2.28. The smallest absolute Gasteiger partial charge is 0.131 e. The van der Waals surface area contributed by atoms with E-state index in [1.807, 2.05) is 18.2 Å². The van der Waals surface area contributed by atoms with Gasteiger partial charge in [-0.05, 0) is 55.2 Å². The van der Waals surface area contributed by atoms with Crippen LogP contribution in [0.1, 0.15) is 30.9 Å². The first-order valence-electron chi connectivity index (χ1n) is 7.53. The molecule has 3 heteroatoms. The number of hydrogen-bond donors (Lipinski definition) is 1. The molecular formula is C18H20BrNO. The van der Waals surface area contributed by atoms with Gasteiger partial charge in [0.2, 0.25) is 0 Å².